The Hall–Kier alpha value is -0.550. The lowest BCUT2D eigenvalue weighted by molar-refractivity contribution is 0.293. The molecule has 0 aromatic carbocycles. The topological polar surface area (TPSA) is 27.0 Å². The van der Waals surface area contributed by atoms with Crippen molar-refractivity contribution in [3.05, 3.63) is 0 Å². The van der Waals surface area contributed by atoms with Crippen molar-refractivity contribution in [1.29, 1.82) is 5.26 Å². The number of hydrogen-bond donors (Lipinski definition) is 0. The smallest absolute Gasteiger partial charge is 0.0669 e. The molecule has 0 radical (unpaired) electrons. The third kappa shape index (κ3) is 6.60. The first kappa shape index (κ1) is 12.4. The molecule has 0 aromatic heterocycles. The molecule has 0 spiro atoms. The Bertz CT molecular complexity index is 149. The zero-order valence-corrected chi connectivity index (χ0v) is 9.21. The van der Waals surface area contributed by atoms with Crippen LogP contribution in [0.1, 0.15) is 39.5 Å². The lowest BCUT2D eigenvalue weighted by Gasteiger charge is -2.18. The average molecular weight is 182 g/mol. The molecule has 0 N–H and O–H groups in total. The van der Waals surface area contributed by atoms with E-state index in [-0.39, 0.29) is 5.92 Å². The summed E-state index contributed by atoms with van der Waals surface area (Å²) in [6, 6.07) is 2.33. The van der Waals surface area contributed by atoms with E-state index < -0.39 is 0 Å². The highest BCUT2D eigenvalue weighted by molar-refractivity contribution is 4.83. The number of hydrogen-bond acceptors (Lipinski definition) is 2. The molecular weight excluding hydrogens is 160 g/mol. The van der Waals surface area contributed by atoms with E-state index in [1.54, 1.807) is 0 Å². The Morgan fingerprint density at radius 1 is 1.31 bits per heavy atom. The van der Waals surface area contributed by atoms with Gasteiger partial charge in [0.25, 0.3) is 0 Å². The quantitative estimate of drug-likeness (QED) is 0.566. The summed E-state index contributed by atoms with van der Waals surface area (Å²) in [5.74, 6) is 0.214. The van der Waals surface area contributed by atoms with Crippen LogP contribution < -0.4 is 0 Å². The third-order valence-electron chi connectivity index (χ3n) is 2.35. The zero-order chi connectivity index (χ0) is 10.1. The minimum atomic E-state index is 0.214. The van der Waals surface area contributed by atoms with Crippen LogP contribution in [0.15, 0.2) is 0 Å². The highest BCUT2D eigenvalue weighted by Gasteiger charge is 2.07. The van der Waals surface area contributed by atoms with Gasteiger partial charge < -0.3 is 4.90 Å². The fourth-order valence-electron chi connectivity index (χ4n) is 1.36. The zero-order valence-electron chi connectivity index (χ0n) is 9.21. The first-order valence-corrected chi connectivity index (χ1v) is 5.32. The fourth-order valence-corrected chi connectivity index (χ4v) is 1.36. The van der Waals surface area contributed by atoms with E-state index in [1.165, 1.54) is 19.3 Å². The fraction of sp³-hybridized carbons (Fsp3) is 0.909. The van der Waals surface area contributed by atoms with Gasteiger partial charge in [-0.2, -0.15) is 5.26 Å². The molecule has 0 heterocycles. The Kier molecular flexibility index (Phi) is 7.73. The molecule has 1 unspecified atom stereocenters. The van der Waals surface area contributed by atoms with Gasteiger partial charge in [-0.25, -0.2) is 0 Å². The van der Waals surface area contributed by atoms with Crippen LogP contribution in [-0.2, 0) is 0 Å². The van der Waals surface area contributed by atoms with Crippen molar-refractivity contribution in [3.8, 4) is 6.07 Å². The van der Waals surface area contributed by atoms with E-state index in [0.717, 1.165) is 19.5 Å². The second kappa shape index (κ2) is 8.07. The van der Waals surface area contributed by atoms with Crippen LogP contribution in [-0.4, -0.2) is 25.0 Å². The summed E-state index contributed by atoms with van der Waals surface area (Å²) < 4.78 is 0. The summed E-state index contributed by atoms with van der Waals surface area (Å²) in [6.45, 7) is 6.35. The van der Waals surface area contributed by atoms with Gasteiger partial charge in [0.1, 0.15) is 0 Å². The molecule has 0 aliphatic rings. The van der Waals surface area contributed by atoms with Crippen LogP contribution in [0.5, 0.6) is 0 Å². The summed E-state index contributed by atoms with van der Waals surface area (Å²) in [5.41, 5.74) is 0. The van der Waals surface area contributed by atoms with Crippen molar-refractivity contribution < 1.29 is 0 Å². The summed E-state index contributed by atoms with van der Waals surface area (Å²) in [4.78, 5) is 2.27. The monoisotopic (exact) mass is 182 g/mol. The predicted molar refractivity (Wildman–Crippen MR) is 56.4 cm³/mol. The van der Waals surface area contributed by atoms with E-state index in [4.69, 9.17) is 5.26 Å². The van der Waals surface area contributed by atoms with E-state index >= 15 is 0 Å². The van der Waals surface area contributed by atoms with Gasteiger partial charge in [0.15, 0.2) is 0 Å². The van der Waals surface area contributed by atoms with E-state index in [0.29, 0.717) is 0 Å². The largest absolute Gasteiger partial charge is 0.305 e. The molecule has 0 rings (SSSR count). The van der Waals surface area contributed by atoms with Crippen LogP contribution >= 0.6 is 0 Å². The molecule has 0 fully saturated rings. The summed E-state index contributed by atoms with van der Waals surface area (Å²) >= 11 is 0. The molecular formula is C11H22N2. The lowest BCUT2D eigenvalue weighted by Crippen LogP contribution is -2.25. The van der Waals surface area contributed by atoms with Gasteiger partial charge in [-0.05, 0) is 26.4 Å². The molecule has 0 aromatic rings. The number of nitrogens with zero attached hydrogens (tertiary/aromatic N) is 2. The van der Waals surface area contributed by atoms with E-state index in [2.05, 4.69) is 31.9 Å². The van der Waals surface area contributed by atoms with Crippen LogP contribution in [0, 0.1) is 17.2 Å². The van der Waals surface area contributed by atoms with Gasteiger partial charge in [0.2, 0.25) is 0 Å². The Balaban J connectivity index is 3.49. The maximum atomic E-state index is 8.77. The second-order valence-corrected chi connectivity index (χ2v) is 3.70. The summed E-state index contributed by atoms with van der Waals surface area (Å²) in [7, 11) is 2.11. The first-order valence-electron chi connectivity index (χ1n) is 5.32. The van der Waals surface area contributed by atoms with Crippen LogP contribution in [0.3, 0.4) is 0 Å². The van der Waals surface area contributed by atoms with Gasteiger partial charge >= 0.3 is 0 Å². The Morgan fingerprint density at radius 2 is 2.00 bits per heavy atom. The summed E-state index contributed by atoms with van der Waals surface area (Å²) in [5, 5.41) is 8.77. The number of unbranched alkanes of at least 4 members (excludes halogenated alkanes) is 2. The van der Waals surface area contributed by atoms with Gasteiger partial charge in [-0.1, -0.05) is 26.7 Å². The first-order chi connectivity index (χ1) is 6.24. The molecule has 0 amide bonds. The van der Waals surface area contributed by atoms with Crippen LogP contribution in [0.4, 0.5) is 0 Å². The van der Waals surface area contributed by atoms with Crippen molar-refractivity contribution in [2.45, 2.75) is 39.5 Å². The molecule has 2 nitrogen and oxygen atoms in total. The Labute approximate surface area is 82.5 Å². The van der Waals surface area contributed by atoms with Crippen LogP contribution in [0.2, 0.25) is 0 Å². The molecule has 1 atom stereocenters. The van der Waals surface area contributed by atoms with Gasteiger partial charge in [0, 0.05) is 6.54 Å². The van der Waals surface area contributed by atoms with E-state index in [9.17, 15) is 0 Å². The van der Waals surface area contributed by atoms with Crippen molar-refractivity contribution in [2.24, 2.45) is 5.92 Å². The Morgan fingerprint density at radius 3 is 2.46 bits per heavy atom. The molecule has 13 heavy (non-hydrogen) atoms. The van der Waals surface area contributed by atoms with Crippen molar-refractivity contribution in [3.63, 3.8) is 0 Å². The van der Waals surface area contributed by atoms with Gasteiger partial charge in [0.05, 0.1) is 12.0 Å². The molecule has 0 saturated carbocycles. The SMILES string of the molecule is CCCCCN(C)CC(C#N)CC. The minimum Gasteiger partial charge on any atom is -0.305 e. The highest BCUT2D eigenvalue weighted by atomic mass is 15.1. The lowest BCUT2D eigenvalue weighted by atomic mass is 10.1. The molecule has 0 aliphatic carbocycles. The minimum absolute atomic E-state index is 0.214. The number of nitriles is 1. The maximum absolute atomic E-state index is 8.77. The van der Waals surface area contributed by atoms with E-state index in [1.807, 2.05) is 0 Å². The van der Waals surface area contributed by atoms with Crippen molar-refractivity contribution in [1.82, 2.24) is 4.90 Å². The molecule has 0 saturated heterocycles. The highest BCUT2D eigenvalue weighted by Crippen LogP contribution is 2.04. The van der Waals surface area contributed by atoms with Gasteiger partial charge in [-0.15, -0.1) is 0 Å². The van der Waals surface area contributed by atoms with Crippen molar-refractivity contribution >= 4 is 0 Å². The maximum Gasteiger partial charge on any atom is 0.0669 e. The van der Waals surface area contributed by atoms with Gasteiger partial charge in [-0.3, -0.25) is 0 Å². The van der Waals surface area contributed by atoms with Crippen molar-refractivity contribution in [2.75, 3.05) is 20.1 Å². The normalized spacial score (nSPS) is 12.8. The van der Waals surface area contributed by atoms with Crippen LogP contribution in [0.25, 0.3) is 0 Å². The molecule has 2 heteroatoms. The second-order valence-electron chi connectivity index (χ2n) is 3.70. The average Bonchev–Trinajstić information content (AvgIpc) is 2.14. The number of rotatable bonds is 7. The standard InChI is InChI=1S/C11H22N2/c1-4-6-7-8-13(3)10-11(5-2)9-12/h11H,4-8,10H2,1-3H3. The molecule has 76 valence electrons. The predicted octanol–water partition coefficient (Wildman–Crippen LogP) is 2.66. The third-order valence-corrected chi connectivity index (χ3v) is 2.35. The molecule has 0 aliphatic heterocycles. The summed E-state index contributed by atoms with van der Waals surface area (Å²) in [6.07, 6.45) is 4.79. The molecule has 0 bridgehead atoms.